The van der Waals surface area contributed by atoms with Crippen LogP contribution in [0.5, 0.6) is 0 Å². The SMILES string of the molecule is COCCOCCN(C1CCNCC1)S(=O)(=O)c1cccc(-c2cc3cn(-c4ccc(CN)cc4)c(=O)nc3[nH]2)c1. The number of sulfonamides is 1. The molecule has 0 bridgehead atoms. The van der Waals surface area contributed by atoms with Gasteiger partial charge >= 0.3 is 5.69 Å². The third kappa shape index (κ3) is 6.58. The molecule has 0 amide bonds. The molecular formula is C29H36N6O5S. The van der Waals surface area contributed by atoms with Crippen LogP contribution in [0, 0.1) is 0 Å². The molecule has 4 aromatic rings. The number of H-pyrrole nitrogens is 1. The summed E-state index contributed by atoms with van der Waals surface area (Å²) in [5.41, 5.74) is 8.69. The summed E-state index contributed by atoms with van der Waals surface area (Å²) in [7, 11) is -2.21. The normalized spacial score (nSPS) is 14.7. The second-order valence-electron chi connectivity index (χ2n) is 9.98. The van der Waals surface area contributed by atoms with E-state index >= 15 is 0 Å². The van der Waals surface area contributed by atoms with E-state index in [1.165, 1.54) is 4.57 Å². The fraction of sp³-hybridized carbons (Fsp3) is 0.379. The number of hydrogen-bond donors (Lipinski definition) is 3. The molecule has 0 atom stereocenters. The molecule has 0 radical (unpaired) electrons. The van der Waals surface area contributed by atoms with Crippen molar-refractivity contribution < 1.29 is 17.9 Å². The average Bonchev–Trinajstić information content (AvgIpc) is 3.42. The zero-order chi connectivity index (χ0) is 28.8. The van der Waals surface area contributed by atoms with Gasteiger partial charge in [0.05, 0.1) is 30.4 Å². The van der Waals surface area contributed by atoms with Gasteiger partial charge in [-0.25, -0.2) is 13.2 Å². The van der Waals surface area contributed by atoms with E-state index in [4.69, 9.17) is 15.2 Å². The van der Waals surface area contributed by atoms with Gasteiger partial charge in [-0.3, -0.25) is 4.57 Å². The monoisotopic (exact) mass is 580 g/mol. The third-order valence-corrected chi connectivity index (χ3v) is 9.26. The molecule has 1 aliphatic heterocycles. The number of aromatic nitrogens is 3. The molecule has 4 N–H and O–H groups in total. The molecule has 0 unspecified atom stereocenters. The summed E-state index contributed by atoms with van der Waals surface area (Å²) >= 11 is 0. The first-order chi connectivity index (χ1) is 19.9. The molecule has 1 saturated heterocycles. The lowest BCUT2D eigenvalue weighted by molar-refractivity contribution is 0.0613. The van der Waals surface area contributed by atoms with Gasteiger partial charge in [-0.2, -0.15) is 9.29 Å². The van der Waals surface area contributed by atoms with Crippen molar-refractivity contribution in [3.8, 4) is 16.9 Å². The number of methoxy groups -OCH3 is 1. The Balaban J connectivity index is 1.44. The number of aromatic amines is 1. The average molecular weight is 581 g/mol. The third-order valence-electron chi connectivity index (χ3n) is 7.31. The molecular weight excluding hydrogens is 544 g/mol. The van der Waals surface area contributed by atoms with E-state index in [2.05, 4.69) is 15.3 Å². The van der Waals surface area contributed by atoms with Gasteiger partial charge in [0.2, 0.25) is 10.0 Å². The number of ether oxygens (including phenoxy) is 2. The van der Waals surface area contributed by atoms with Gasteiger partial charge in [-0.1, -0.05) is 24.3 Å². The predicted octanol–water partition coefficient (Wildman–Crippen LogP) is 2.25. The fourth-order valence-electron chi connectivity index (χ4n) is 5.08. The number of nitrogens with zero attached hydrogens (tertiary/aromatic N) is 3. The highest BCUT2D eigenvalue weighted by molar-refractivity contribution is 7.89. The summed E-state index contributed by atoms with van der Waals surface area (Å²) in [5.74, 6) is 0. The first-order valence-corrected chi connectivity index (χ1v) is 15.2. The first kappa shape index (κ1) is 29.1. The van der Waals surface area contributed by atoms with E-state index in [1.807, 2.05) is 36.4 Å². The highest BCUT2D eigenvalue weighted by Crippen LogP contribution is 2.28. The van der Waals surface area contributed by atoms with Crippen LogP contribution in [0.15, 0.2) is 70.5 Å². The molecule has 3 heterocycles. The summed E-state index contributed by atoms with van der Waals surface area (Å²) in [6, 6.07) is 16.0. The second kappa shape index (κ2) is 13.1. The van der Waals surface area contributed by atoms with Gasteiger partial charge in [0.15, 0.2) is 0 Å². The van der Waals surface area contributed by atoms with Gasteiger partial charge in [0.25, 0.3) is 0 Å². The second-order valence-corrected chi connectivity index (χ2v) is 11.9. The van der Waals surface area contributed by atoms with Gasteiger partial charge < -0.3 is 25.5 Å². The molecule has 0 saturated carbocycles. The number of piperidine rings is 1. The maximum absolute atomic E-state index is 13.9. The van der Waals surface area contributed by atoms with E-state index in [0.29, 0.717) is 42.4 Å². The van der Waals surface area contributed by atoms with Crippen LogP contribution in [-0.2, 0) is 26.0 Å². The lowest BCUT2D eigenvalue weighted by Crippen LogP contribution is -2.47. The summed E-state index contributed by atoms with van der Waals surface area (Å²) < 4.78 is 41.6. The van der Waals surface area contributed by atoms with Crippen LogP contribution < -0.4 is 16.7 Å². The first-order valence-electron chi connectivity index (χ1n) is 13.7. The highest BCUT2D eigenvalue weighted by atomic mass is 32.2. The zero-order valence-electron chi connectivity index (χ0n) is 23.1. The summed E-state index contributed by atoms with van der Waals surface area (Å²) in [5, 5.41) is 4.03. The maximum atomic E-state index is 13.9. The van der Waals surface area contributed by atoms with Crippen molar-refractivity contribution in [2.45, 2.75) is 30.3 Å². The van der Waals surface area contributed by atoms with Crippen LogP contribution in [0.25, 0.3) is 28.0 Å². The largest absolute Gasteiger partial charge is 0.382 e. The quantitative estimate of drug-likeness (QED) is 0.217. The molecule has 0 spiro atoms. The Morgan fingerprint density at radius 2 is 1.85 bits per heavy atom. The van der Waals surface area contributed by atoms with Gasteiger partial charge in [0.1, 0.15) is 5.65 Å². The lowest BCUT2D eigenvalue weighted by atomic mass is 10.1. The van der Waals surface area contributed by atoms with Gasteiger partial charge in [-0.05, 0) is 67.4 Å². The van der Waals surface area contributed by atoms with E-state index in [0.717, 1.165) is 36.9 Å². The summed E-state index contributed by atoms with van der Waals surface area (Å²) in [6.07, 6.45) is 3.19. The van der Waals surface area contributed by atoms with Crippen molar-refractivity contribution in [2.24, 2.45) is 5.73 Å². The standard InChI is InChI=1S/C29H36N6O5S/c1-39-15-16-40-14-13-35(25-9-11-31-12-10-25)41(37,38)26-4-2-3-22(17-26)27-18-23-20-34(29(36)33-28(23)32-27)24-7-5-21(19-30)6-8-24/h2-8,17-18,20,25,31H,9-16,19,30H2,1H3,(H,32,33,36). The van der Waals surface area contributed by atoms with Crippen molar-refractivity contribution in [3.63, 3.8) is 0 Å². The predicted molar refractivity (Wildman–Crippen MR) is 157 cm³/mol. The van der Waals surface area contributed by atoms with Crippen molar-refractivity contribution in [1.29, 1.82) is 0 Å². The van der Waals surface area contributed by atoms with Gasteiger partial charge in [0, 0.05) is 43.5 Å². The molecule has 11 nitrogen and oxygen atoms in total. The van der Waals surface area contributed by atoms with Crippen LogP contribution in [-0.4, -0.2) is 79.9 Å². The molecule has 1 aliphatic rings. The summed E-state index contributed by atoms with van der Waals surface area (Å²) in [4.78, 5) is 20.4. The number of nitrogens with one attached hydrogen (secondary N) is 2. The molecule has 12 heteroatoms. The Morgan fingerprint density at radius 3 is 2.59 bits per heavy atom. The minimum Gasteiger partial charge on any atom is -0.382 e. The number of hydrogen-bond acceptors (Lipinski definition) is 8. The molecule has 218 valence electrons. The number of benzene rings is 2. The van der Waals surface area contributed by atoms with Crippen LogP contribution in [0.3, 0.4) is 0 Å². The maximum Gasteiger partial charge on any atom is 0.354 e. The molecule has 2 aromatic carbocycles. The van der Waals surface area contributed by atoms with Crippen LogP contribution in [0.2, 0.25) is 0 Å². The Bertz CT molecular complexity index is 1630. The van der Waals surface area contributed by atoms with E-state index in [9.17, 15) is 13.2 Å². The topological polar surface area (TPSA) is 145 Å². The number of nitrogens with two attached hydrogens (primary N) is 1. The van der Waals surface area contributed by atoms with E-state index in [-0.39, 0.29) is 24.1 Å². The smallest absolute Gasteiger partial charge is 0.354 e. The molecule has 1 fully saturated rings. The van der Waals surface area contributed by atoms with Crippen molar-refractivity contribution in [1.82, 2.24) is 24.2 Å². The van der Waals surface area contributed by atoms with Crippen LogP contribution in [0.1, 0.15) is 18.4 Å². The zero-order valence-corrected chi connectivity index (χ0v) is 23.9. The highest BCUT2D eigenvalue weighted by Gasteiger charge is 2.32. The lowest BCUT2D eigenvalue weighted by Gasteiger charge is -2.33. The molecule has 2 aromatic heterocycles. The Labute approximate surface area is 239 Å². The number of fused-ring (bicyclic) bond motifs is 1. The Morgan fingerprint density at radius 1 is 1.07 bits per heavy atom. The Hall–Kier alpha value is -3.39. The van der Waals surface area contributed by atoms with Crippen molar-refractivity contribution in [2.75, 3.05) is 46.6 Å². The minimum absolute atomic E-state index is 0.113. The van der Waals surface area contributed by atoms with Crippen LogP contribution >= 0.6 is 0 Å². The Kier molecular flexibility index (Phi) is 9.28. The van der Waals surface area contributed by atoms with Crippen molar-refractivity contribution >= 4 is 21.1 Å². The fourth-order valence-corrected chi connectivity index (χ4v) is 6.79. The van der Waals surface area contributed by atoms with E-state index in [1.54, 1.807) is 35.8 Å². The van der Waals surface area contributed by atoms with Crippen molar-refractivity contribution in [3.05, 3.63) is 76.8 Å². The van der Waals surface area contributed by atoms with Crippen LogP contribution in [0.4, 0.5) is 0 Å². The number of rotatable bonds is 12. The minimum atomic E-state index is -3.81. The van der Waals surface area contributed by atoms with E-state index < -0.39 is 15.7 Å². The summed E-state index contributed by atoms with van der Waals surface area (Å²) in [6.45, 7) is 3.35. The molecule has 41 heavy (non-hydrogen) atoms. The van der Waals surface area contributed by atoms with Gasteiger partial charge in [-0.15, -0.1) is 0 Å². The molecule has 5 rings (SSSR count). The molecule has 0 aliphatic carbocycles.